The van der Waals surface area contributed by atoms with Crippen molar-refractivity contribution in [2.45, 2.75) is 0 Å². The van der Waals surface area contributed by atoms with Crippen LogP contribution in [-0.4, -0.2) is 52.6 Å². The van der Waals surface area contributed by atoms with Crippen molar-refractivity contribution in [3.05, 3.63) is 66.7 Å². The molecule has 0 aliphatic rings. The maximum atomic E-state index is 11.9. The van der Waals surface area contributed by atoms with E-state index in [4.69, 9.17) is 14.2 Å². The molecule has 2 aromatic heterocycles. The molecule has 2 heterocycles. The highest BCUT2D eigenvalue weighted by molar-refractivity contribution is 5.77. The van der Waals surface area contributed by atoms with Crippen molar-refractivity contribution in [1.82, 2.24) is 25.1 Å². The molecule has 4 aromatic rings. The molecule has 0 radical (unpaired) electrons. The second kappa shape index (κ2) is 9.57. The van der Waals surface area contributed by atoms with E-state index in [1.54, 1.807) is 35.9 Å². The van der Waals surface area contributed by atoms with Crippen LogP contribution in [0, 0.1) is 0 Å². The standard InChI is InChI=1S/C22H21N5O4/c1-29-17-9-7-16(8-10-17)22-25-24-19-11-12-21(26-27(19)22)30-14-13-23-20(28)15-31-18-5-3-2-4-6-18/h2-12H,13-15H2,1H3,(H,23,28). The molecule has 0 bridgehead atoms. The van der Waals surface area contributed by atoms with Gasteiger partial charge in [0.25, 0.3) is 5.91 Å². The summed E-state index contributed by atoms with van der Waals surface area (Å²) < 4.78 is 17.9. The number of hydrogen-bond acceptors (Lipinski definition) is 7. The van der Waals surface area contributed by atoms with Gasteiger partial charge in [-0.25, -0.2) is 0 Å². The molecule has 0 unspecified atom stereocenters. The van der Waals surface area contributed by atoms with E-state index in [1.807, 2.05) is 42.5 Å². The summed E-state index contributed by atoms with van der Waals surface area (Å²) in [4.78, 5) is 11.9. The predicted octanol–water partition coefficient (Wildman–Crippen LogP) is 2.37. The summed E-state index contributed by atoms with van der Waals surface area (Å²) in [6.45, 7) is 0.528. The molecule has 31 heavy (non-hydrogen) atoms. The maximum Gasteiger partial charge on any atom is 0.258 e. The number of fused-ring (bicyclic) bond motifs is 1. The van der Waals surface area contributed by atoms with Gasteiger partial charge in [0.2, 0.25) is 5.88 Å². The fraction of sp³-hybridized carbons (Fsp3) is 0.182. The molecule has 9 heteroatoms. The number of hydrogen-bond donors (Lipinski definition) is 1. The summed E-state index contributed by atoms with van der Waals surface area (Å²) in [5, 5.41) is 15.5. The molecule has 0 saturated carbocycles. The molecule has 0 atom stereocenters. The van der Waals surface area contributed by atoms with Gasteiger partial charge in [0.1, 0.15) is 18.1 Å². The Morgan fingerprint density at radius 3 is 2.52 bits per heavy atom. The van der Waals surface area contributed by atoms with Crippen LogP contribution in [-0.2, 0) is 4.79 Å². The second-order valence-electron chi connectivity index (χ2n) is 6.49. The minimum atomic E-state index is -0.225. The minimum Gasteiger partial charge on any atom is -0.497 e. The molecule has 1 N–H and O–H groups in total. The van der Waals surface area contributed by atoms with Gasteiger partial charge in [0.05, 0.1) is 13.7 Å². The number of nitrogens with one attached hydrogen (secondary N) is 1. The maximum absolute atomic E-state index is 11.9. The van der Waals surface area contributed by atoms with E-state index < -0.39 is 0 Å². The molecule has 0 aliphatic carbocycles. The van der Waals surface area contributed by atoms with E-state index in [9.17, 15) is 4.79 Å². The van der Waals surface area contributed by atoms with Gasteiger partial charge in [-0.1, -0.05) is 18.2 Å². The van der Waals surface area contributed by atoms with Gasteiger partial charge in [0, 0.05) is 11.6 Å². The smallest absolute Gasteiger partial charge is 0.258 e. The van der Waals surface area contributed by atoms with Gasteiger partial charge in [-0.2, -0.15) is 4.52 Å². The molecule has 0 saturated heterocycles. The zero-order chi connectivity index (χ0) is 21.5. The number of carbonyl (C=O) groups is 1. The molecule has 2 aromatic carbocycles. The quantitative estimate of drug-likeness (QED) is 0.416. The van der Waals surface area contributed by atoms with Crippen LogP contribution >= 0.6 is 0 Å². The third-order valence-electron chi connectivity index (χ3n) is 4.37. The lowest BCUT2D eigenvalue weighted by molar-refractivity contribution is -0.123. The molecular formula is C22H21N5O4. The van der Waals surface area contributed by atoms with Crippen LogP contribution < -0.4 is 19.5 Å². The number of carbonyl (C=O) groups excluding carboxylic acids is 1. The lowest BCUT2D eigenvalue weighted by Gasteiger charge is -2.09. The average molecular weight is 419 g/mol. The normalized spacial score (nSPS) is 10.6. The van der Waals surface area contributed by atoms with E-state index in [1.165, 1.54) is 0 Å². The van der Waals surface area contributed by atoms with Crippen LogP contribution in [0.5, 0.6) is 17.4 Å². The lowest BCUT2D eigenvalue weighted by Crippen LogP contribution is -2.32. The Morgan fingerprint density at radius 2 is 1.74 bits per heavy atom. The highest BCUT2D eigenvalue weighted by atomic mass is 16.5. The van der Waals surface area contributed by atoms with Gasteiger partial charge in [-0.15, -0.1) is 15.3 Å². The van der Waals surface area contributed by atoms with Gasteiger partial charge in [-0.3, -0.25) is 4.79 Å². The third-order valence-corrected chi connectivity index (χ3v) is 4.37. The van der Waals surface area contributed by atoms with E-state index in [0.717, 1.165) is 11.3 Å². The Balaban J connectivity index is 1.31. The molecule has 9 nitrogen and oxygen atoms in total. The number of methoxy groups -OCH3 is 1. The largest absolute Gasteiger partial charge is 0.497 e. The average Bonchev–Trinajstić information content (AvgIpc) is 3.24. The summed E-state index contributed by atoms with van der Waals surface area (Å²) in [7, 11) is 1.62. The number of amides is 1. The first-order valence-electron chi connectivity index (χ1n) is 9.67. The minimum absolute atomic E-state index is 0.0554. The lowest BCUT2D eigenvalue weighted by atomic mass is 10.2. The molecule has 0 aliphatic heterocycles. The van der Waals surface area contributed by atoms with Crippen LogP contribution in [0.4, 0.5) is 0 Å². The zero-order valence-electron chi connectivity index (χ0n) is 16.9. The van der Waals surface area contributed by atoms with Crippen LogP contribution in [0.1, 0.15) is 0 Å². The Labute approximate surface area is 178 Å². The highest BCUT2D eigenvalue weighted by Gasteiger charge is 2.11. The molecular weight excluding hydrogens is 398 g/mol. The highest BCUT2D eigenvalue weighted by Crippen LogP contribution is 2.21. The molecule has 4 rings (SSSR count). The Morgan fingerprint density at radius 1 is 0.935 bits per heavy atom. The Kier molecular flexibility index (Phi) is 6.22. The van der Waals surface area contributed by atoms with Gasteiger partial charge < -0.3 is 19.5 Å². The molecule has 1 amide bonds. The van der Waals surface area contributed by atoms with E-state index in [2.05, 4.69) is 20.6 Å². The summed E-state index contributed by atoms with van der Waals surface area (Å²) in [5.41, 5.74) is 1.45. The zero-order valence-corrected chi connectivity index (χ0v) is 16.9. The van der Waals surface area contributed by atoms with Gasteiger partial charge >= 0.3 is 0 Å². The van der Waals surface area contributed by atoms with Crippen molar-refractivity contribution in [3.8, 4) is 28.8 Å². The topological polar surface area (TPSA) is 99.9 Å². The molecule has 0 spiro atoms. The SMILES string of the molecule is COc1ccc(-c2nnc3ccc(OCCNC(=O)COc4ccccc4)nn23)cc1. The van der Waals surface area contributed by atoms with Crippen LogP contribution in [0.15, 0.2) is 66.7 Å². The number of ether oxygens (including phenoxy) is 3. The van der Waals surface area contributed by atoms with Crippen molar-refractivity contribution in [2.75, 3.05) is 26.9 Å². The van der Waals surface area contributed by atoms with Crippen molar-refractivity contribution in [1.29, 1.82) is 0 Å². The summed E-state index contributed by atoms with van der Waals surface area (Å²) in [5.74, 6) is 2.17. The number of benzene rings is 2. The van der Waals surface area contributed by atoms with Crippen molar-refractivity contribution < 1.29 is 19.0 Å². The van der Waals surface area contributed by atoms with Crippen molar-refractivity contribution in [2.24, 2.45) is 0 Å². The number of para-hydroxylation sites is 1. The third kappa shape index (κ3) is 5.08. The summed E-state index contributed by atoms with van der Waals surface area (Å²) in [6, 6.07) is 20.1. The molecule has 158 valence electrons. The number of nitrogens with zero attached hydrogens (tertiary/aromatic N) is 4. The monoisotopic (exact) mass is 419 g/mol. The first-order valence-corrected chi connectivity index (χ1v) is 9.67. The number of rotatable bonds is 9. The van der Waals surface area contributed by atoms with Crippen LogP contribution in [0.25, 0.3) is 17.0 Å². The first kappa shape index (κ1) is 20.1. The predicted molar refractivity (Wildman–Crippen MR) is 113 cm³/mol. The van der Waals surface area contributed by atoms with E-state index in [0.29, 0.717) is 29.6 Å². The Bertz CT molecular complexity index is 1150. The Hall–Kier alpha value is -4.14. The van der Waals surface area contributed by atoms with E-state index >= 15 is 0 Å². The van der Waals surface area contributed by atoms with Crippen molar-refractivity contribution in [3.63, 3.8) is 0 Å². The van der Waals surface area contributed by atoms with Gasteiger partial charge in [0.15, 0.2) is 18.1 Å². The fourth-order valence-corrected chi connectivity index (χ4v) is 2.83. The summed E-state index contributed by atoms with van der Waals surface area (Å²) in [6.07, 6.45) is 0. The van der Waals surface area contributed by atoms with Crippen LogP contribution in [0.3, 0.4) is 0 Å². The van der Waals surface area contributed by atoms with Crippen LogP contribution in [0.2, 0.25) is 0 Å². The van der Waals surface area contributed by atoms with Crippen molar-refractivity contribution >= 4 is 11.6 Å². The molecule has 0 fully saturated rings. The fourth-order valence-electron chi connectivity index (χ4n) is 2.83. The number of aromatic nitrogens is 4. The first-order chi connectivity index (χ1) is 15.2. The van der Waals surface area contributed by atoms with Gasteiger partial charge in [-0.05, 0) is 42.5 Å². The summed E-state index contributed by atoms with van der Waals surface area (Å²) >= 11 is 0. The second-order valence-corrected chi connectivity index (χ2v) is 6.49. The van der Waals surface area contributed by atoms with E-state index in [-0.39, 0.29) is 19.1 Å².